The van der Waals surface area contributed by atoms with Crippen LogP contribution in [0.1, 0.15) is 0 Å². The molecular formula is C12H9Cl2N3O3S. The van der Waals surface area contributed by atoms with Gasteiger partial charge in [0.2, 0.25) is 11.8 Å². The number of benzene rings is 1. The van der Waals surface area contributed by atoms with Crippen molar-refractivity contribution in [2.24, 2.45) is 0 Å². The Morgan fingerprint density at radius 2 is 2.14 bits per heavy atom. The standard InChI is InChI=1S/C12H9Cl2N3O3S/c13-6-1-2-8(7(14)3-6)15-11(20)5-21-12-16-9(18)4-10(19)17-12/h1-4H,5H2,(H,15,20)(H2,16,17,18,19). The Balaban J connectivity index is 1.97. The number of carbonyl (C=O) groups excluding carboxylic acids is 1. The predicted octanol–water partition coefficient (Wildman–Crippen LogP) is 2.51. The van der Waals surface area contributed by atoms with E-state index in [-0.39, 0.29) is 16.8 Å². The predicted molar refractivity (Wildman–Crippen MR) is 82.3 cm³/mol. The molecule has 0 atom stereocenters. The van der Waals surface area contributed by atoms with Gasteiger partial charge in [0.15, 0.2) is 5.16 Å². The van der Waals surface area contributed by atoms with Gasteiger partial charge in [-0.15, -0.1) is 0 Å². The fraction of sp³-hybridized carbons (Fsp3) is 0.0833. The monoisotopic (exact) mass is 345 g/mol. The van der Waals surface area contributed by atoms with Gasteiger partial charge in [0.05, 0.1) is 22.5 Å². The first-order chi connectivity index (χ1) is 9.94. The van der Waals surface area contributed by atoms with Crippen molar-refractivity contribution in [1.29, 1.82) is 0 Å². The second kappa shape index (κ2) is 6.84. The number of hydrogen-bond acceptors (Lipinski definition) is 5. The Labute approximate surface area is 133 Å². The maximum Gasteiger partial charge on any atom is 0.255 e. The van der Waals surface area contributed by atoms with Gasteiger partial charge in [-0.1, -0.05) is 35.0 Å². The number of halogens is 2. The fourth-order valence-corrected chi connectivity index (χ4v) is 2.53. The van der Waals surface area contributed by atoms with Gasteiger partial charge < -0.3 is 15.4 Å². The number of anilines is 1. The highest BCUT2D eigenvalue weighted by molar-refractivity contribution is 7.99. The van der Waals surface area contributed by atoms with Crippen molar-refractivity contribution in [2.45, 2.75) is 5.16 Å². The second-order valence-corrected chi connectivity index (χ2v) is 5.68. The van der Waals surface area contributed by atoms with Crippen molar-refractivity contribution in [3.63, 3.8) is 0 Å². The first kappa shape index (κ1) is 15.7. The van der Waals surface area contributed by atoms with Gasteiger partial charge in [-0.3, -0.25) is 9.59 Å². The molecule has 0 aliphatic heterocycles. The van der Waals surface area contributed by atoms with Crippen LogP contribution < -0.4 is 10.9 Å². The number of nitrogens with zero attached hydrogens (tertiary/aromatic N) is 1. The van der Waals surface area contributed by atoms with Crippen LogP contribution in [-0.4, -0.2) is 26.7 Å². The molecule has 6 nitrogen and oxygen atoms in total. The van der Waals surface area contributed by atoms with Crippen molar-refractivity contribution in [3.8, 4) is 5.88 Å². The van der Waals surface area contributed by atoms with Gasteiger partial charge in [0, 0.05) is 5.02 Å². The molecule has 0 bridgehead atoms. The summed E-state index contributed by atoms with van der Waals surface area (Å²) >= 11 is 12.7. The summed E-state index contributed by atoms with van der Waals surface area (Å²) in [5.74, 6) is -0.747. The molecule has 0 aliphatic carbocycles. The molecule has 0 unspecified atom stereocenters. The van der Waals surface area contributed by atoms with Crippen molar-refractivity contribution >= 4 is 46.6 Å². The lowest BCUT2D eigenvalue weighted by molar-refractivity contribution is -0.113. The van der Waals surface area contributed by atoms with Gasteiger partial charge in [-0.2, -0.15) is 4.98 Å². The zero-order valence-electron chi connectivity index (χ0n) is 10.4. The van der Waals surface area contributed by atoms with E-state index in [2.05, 4.69) is 15.3 Å². The van der Waals surface area contributed by atoms with Crippen molar-refractivity contribution in [2.75, 3.05) is 11.1 Å². The first-order valence-corrected chi connectivity index (χ1v) is 7.36. The molecule has 1 aromatic heterocycles. The molecule has 3 N–H and O–H groups in total. The van der Waals surface area contributed by atoms with Crippen LogP contribution in [0.4, 0.5) is 5.69 Å². The summed E-state index contributed by atoms with van der Waals surface area (Å²) in [6.07, 6.45) is 0. The van der Waals surface area contributed by atoms with E-state index in [1.54, 1.807) is 12.1 Å². The zero-order chi connectivity index (χ0) is 15.4. The lowest BCUT2D eigenvalue weighted by Crippen LogP contribution is -2.15. The molecule has 0 fully saturated rings. The van der Waals surface area contributed by atoms with E-state index in [0.29, 0.717) is 15.7 Å². The number of carbonyl (C=O) groups is 1. The van der Waals surface area contributed by atoms with Gasteiger partial charge in [-0.05, 0) is 18.2 Å². The molecule has 0 aliphatic rings. The largest absolute Gasteiger partial charge is 0.493 e. The van der Waals surface area contributed by atoms with Crippen LogP contribution in [0.3, 0.4) is 0 Å². The highest BCUT2D eigenvalue weighted by Crippen LogP contribution is 2.25. The quantitative estimate of drug-likeness (QED) is 0.584. The number of thioether (sulfide) groups is 1. The molecule has 9 heteroatoms. The van der Waals surface area contributed by atoms with Gasteiger partial charge in [-0.25, -0.2) is 0 Å². The molecule has 1 heterocycles. The average Bonchev–Trinajstić information content (AvgIpc) is 2.39. The summed E-state index contributed by atoms with van der Waals surface area (Å²) in [5.41, 5.74) is -0.0600. The van der Waals surface area contributed by atoms with E-state index in [4.69, 9.17) is 23.2 Å². The Morgan fingerprint density at radius 3 is 2.81 bits per heavy atom. The highest BCUT2D eigenvalue weighted by Gasteiger charge is 2.09. The normalized spacial score (nSPS) is 10.4. The SMILES string of the molecule is O=C(CSc1nc(O)cc(=O)[nH]1)Nc1ccc(Cl)cc1Cl. The lowest BCUT2D eigenvalue weighted by Gasteiger charge is -2.07. The van der Waals surface area contributed by atoms with Crippen LogP contribution in [0.15, 0.2) is 34.2 Å². The number of nitrogens with one attached hydrogen (secondary N) is 2. The Hall–Kier alpha value is -1.70. The molecule has 21 heavy (non-hydrogen) atoms. The van der Waals surface area contributed by atoms with Gasteiger partial charge in [0.25, 0.3) is 5.56 Å². The van der Waals surface area contributed by atoms with Gasteiger partial charge >= 0.3 is 0 Å². The molecule has 0 saturated carbocycles. The van der Waals surface area contributed by atoms with E-state index < -0.39 is 11.4 Å². The smallest absolute Gasteiger partial charge is 0.255 e. The maximum absolute atomic E-state index is 11.8. The number of aromatic hydroxyl groups is 1. The molecule has 0 radical (unpaired) electrons. The summed E-state index contributed by atoms with van der Waals surface area (Å²) in [5, 5.41) is 12.7. The average molecular weight is 346 g/mol. The minimum absolute atomic E-state index is 0.00858. The Kier molecular flexibility index (Phi) is 5.11. The van der Waals surface area contributed by atoms with Crippen LogP contribution in [-0.2, 0) is 4.79 Å². The summed E-state index contributed by atoms with van der Waals surface area (Å²) in [7, 11) is 0. The van der Waals surface area contributed by atoms with E-state index in [9.17, 15) is 14.7 Å². The summed E-state index contributed by atoms with van der Waals surface area (Å²) in [6, 6.07) is 5.64. The number of aromatic amines is 1. The molecule has 2 aromatic rings. The summed E-state index contributed by atoms with van der Waals surface area (Å²) in [4.78, 5) is 29.0. The number of H-pyrrole nitrogens is 1. The third-order valence-corrected chi connectivity index (χ3v) is 3.67. The number of rotatable bonds is 4. The first-order valence-electron chi connectivity index (χ1n) is 5.62. The van der Waals surface area contributed by atoms with E-state index in [1.807, 2.05) is 0 Å². The van der Waals surface area contributed by atoms with Gasteiger partial charge in [0.1, 0.15) is 0 Å². The molecule has 110 valence electrons. The molecule has 0 spiro atoms. The van der Waals surface area contributed by atoms with Crippen LogP contribution >= 0.6 is 35.0 Å². The van der Waals surface area contributed by atoms with Crippen LogP contribution in [0, 0.1) is 0 Å². The topological polar surface area (TPSA) is 95.1 Å². The maximum atomic E-state index is 11.8. The summed E-state index contributed by atoms with van der Waals surface area (Å²) in [6.45, 7) is 0. The minimum Gasteiger partial charge on any atom is -0.493 e. The molecular weight excluding hydrogens is 337 g/mol. The van der Waals surface area contributed by atoms with Crippen molar-refractivity contribution in [3.05, 3.63) is 44.7 Å². The van der Waals surface area contributed by atoms with Crippen molar-refractivity contribution < 1.29 is 9.90 Å². The van der Waals surface area contributed by atoms with E-state index in [1.165, 1.54) is 6.07 Å². The second-order valence-electron chi connectivity index (χ2n) is 3.87. The third kappa shape index (κ3) is 4.66. The molecule has 2 rings (SSSR count). The van der Waals surface area contributed by atoms with Crippen molar-refractivity contribution in [1.82, 2.24) is 9.97 Å². The van der Waals surface area contributed by atoms with E-state index in [0.717, 1.165) is 17.8 Å². The lowest BCUT2D eigenvalue weighted by atomic mass is 10.3. The van der Waals surface area contributed by atoms with E-state index >= 15 is 0 Å². The molecule has 1 amide bonds. The zero-order valence-corrected chi connectivity index (χ0v) is 12.7. The number of aromatic nitrogens is 2. The number of amides is 1. The number of hydrogen-bond donors (Lipinski definition) is 3. The minimum atomic E-state index is -0.494. The molecule has 0 saturated heterocycles. The highest BCUT2D eigenvalue weighted by atomic mass is 35.5. The van der Waals surface area contributed by atoms with Crippen LogP contribution in [0.5, 0.6) is 5.88 Å². The third-order valence-electron chi connectivity index (χ3n) is 2.25. The molecule has 1 aromatic carbocycles. The fourth-order valence-electron chi connectivity index (χ4n) is 1.40. The van der Waals surface area contributed by atoms with Crippen LogP contribution in [0.25, 0.3) is 0 Å². The van der Waals surface area contributed by atoms with Crippen LogP contribution in [0.2, 0.25) is 10.0 Å². The Morgan fingerprint density at radius 1 is 1.38 bits per heavy atom. The Bertz CT molecular complexity index is 736. The summed E-state index contributed by atoms with van der Waals surface area (Å²) < 4.78 is 0.